The molecule has 1 heterocycles. The molecular formula is C21H26N2O3S. The van der Waals surface area contributed by atoms with E-state index >= 15 is 0 Å². The minimum absolute atomic E-state index is 0.0557. The highest BCUT2D eigenvalue weighted by Gasteiger charge is 2.21. The molecule has 0 saturated carbocycles. The maximum Gasteiger partial charge on any atom is 0.251 e. The van der Waals surface area contributed by atoms with E-state index in [1.807, 2.05) is 6.07 Å². The van der Waals surface area contributed by atoms with Gasteiger partial charge in [-0.1, -0.05) is 37.3 Å². The topological polar surface area (TPSA) is 66.5 Å². The smallest absolute Gasteiger partial charge is 0.251 e. The number of piperidine rings is 1. The van der Waals surface area contributed by atoms with Gasteiger partial charge in [0.15, 0.2) is 9.84 Å². The fourth-order valence-electron chi connectivity index (χ4n) is 3.33. The summed E-state index contributed by atoms with van der Waals surface area (Å²) in [7, 11) is -3.24. The molecule has 1 amide bonds. The van der Waals surface area contributed by atoms with Crippen LogP contribution in [0.5, 0.6) is 0 Å². The molecule has 0 bridgehead atoms. The van der Waals surface area contributed by atoms with E-state index in [2.05, 4.69) is 34.5 Å². The van der Waals surface area contributed by atoms with Crippen LogP contribution in [0.3, 0.4) is 0 Å². The minimum atomic E-state index is -3.24. The molecule has 0 atom stereocenters. The molecule has 0 unspecified atom stereocenters. The Balaban J connectivity index is 1.51. The number of hydrogen-bond acceptors (Lipinski definition) is 4. The van der Waals surface area contributed by atoms with Crippen LogP contribution in [0.2, 0.25) is 0 Å². The molecule has 1 aliphatic heterocycles. The summed E-state index contributed by atoms with van der Waals surface area (Å²) in [6, 6.07) is 16.8. The highest BCUT2D eigenvalue weighted by atomic mass is 32.2. The van der Waals surface area contributed by atoms with E-state index in [4.69, 9.17) is 0 Å². The van der Waals surface area contributed by atoms with Crippen molar-refractivity contribution in [1.82, 2.24) is 10.2 Å². The Labute approximate surface area is 161 Å². The van der Waals surface area contributed by atoms with Crippen molar-refractivity contribution in [2.45, 2.75) is 37.2 Å². The number of likely N-dealkylation sites (tertiary alicyclic amines) is 1. The number of sulfone groups is 1. The average molecular weight is 387 g/mol. The number of carbonyl (C=O) groups is 1. The molecule has 1 fully saturated rings. The molecule has 6 heteroatoms. The maximum absolute atomic E-state index is 12.4. The van der Waals surface area contributed by atoms with Gasteiger partial charge < -0.3 is 5.32 Å². The van der Waals surface area contributed by atoms with Gasteiger partial charge in [-0.2, -0.15) is 0 Å². The van der Waals surface area contributed by atoms with Crippen molar-refractivity contribution in [2.24, 2.45) is 0 Å². The third-order valence-electron chi connectivity index (χ3n) is 5.03. The molecule has 3 rings (SSSR count). The monoisotopic (exact) mass is 386 g/mol. The van der Waals surface area contributed by atoms with Crippen LogP contribution >= 0.6 is 0 Å². The summed E-state index contributed by atoms with van der Waals surface area (Å²) < 4.78 is 23.7. The fourth-order valence-corrected chi connectivity index (χ4v) is 4.21. The van der Waals surface area contributed by atoms with E-state index in [1.165, 1.54) is 17.7 Å². The van der Waals surface area contributed by atoms with Crippen LogP contribution in [0.4, 0.5) is 0 Å². The summed E-state index contributed by atoms with van der Waals surface area (Å²) in [6.45, 7) is 4.45. The second-order valence-corrected chi connectivity index (χ2v) is 9.22. The second-order valence-electron chi connectivity index (χ2n) is 6.94. The Morgan fingerprint density at radius 3 is 2.26 bits per heavy atom. The molecule has 0 aliphatic carbocycles. The van der Waals surface area contributed by atoms with E-state index < -0.39 is 9.84 Å². The van der Waals surface area contributed by atoms with Crippen molar-refractivity contribution in [2.75, 3.05) is 18.8 Å². The average Bonchev–Trinajstić information content (AvgIpc) is 2.70. The first-order valence-electron chi connectivity index (χ1n) is 9.38. The number of nitrogens with one attached hydrogen (secondary N) is 1. The van der Waals surface area contributed by atoms with Crippen molar-refractivity contribution in [3.05, 3.63) is 65.7 Å². The lowest BCUT2D eigenvalue weighted by atomic mass is 10.0. The highest BCUT2D eigenvalue weighted by Crippen LogP contribution is 2.16. The zero-order chi connectivity index (χ0) is 19.3. The Kier molecular flexibility index (Phi) is 6.29. The number of benzene rings is 2. The van der Waals surface area contributed by atoms with Crippen molar-refractivity contribution in [3.8, 4) is 0 Å². The van der Waals surface area contributed by atoms with Crippen molar-refractivity contribution in [3.63, 3.8) is 0 Å². The second kappa shape index (κ2) is 8.67. The summed E-state index contributed by atoms with van der Waals surface area (Å²) in [4.78, 5) is 15.1. The van der Waals surface area contributed by atoms with Gasteiger partial charge in [-0.25, -0.2) is 8.42 Å². The van der Waals surface area contributed by atoms with Gasteiger partial charge in [0.25, 0.3) is 5.91 Å². The summed E-state index contributed by atoms with van der Waals surface area (Å²) in [5.74, 6) is -0.0861. The molecule has 1 aliphatic rings. The molecule has 0 aromatic heterocycles. The largest absolute Gasteiger partial charge is 0.349 e. The standard InChI is InChI=1S/C21H26N2O3S/c1-2-27(25,26)20-10-8-18(9-11-20)21(24)22-19-12-14-23(15-13-19)16-17-6-4-3-5-7-17/h3-11,19H,2,12-16H2,1H3,(H,22,24). The van der Waals surface area contributed by atoms with Gasteiger partial charge in [0.05, 0.1) is 10.6 Å². The van der Waals surface area contributed by atoms with Crippen LogP contribution < -0.4 is 5.32 Å². The van der Waals surface area contributed by atoms with E-state index in [-0.39, 0.29) is 22.6 Å². The number of amides is 1. The lowest BCUT2D eigenvalue weighted by Gasteiger charge is -2.32. The molecule has 2 aromatic rings. The predicted octanol–water partition coefficient (Wildman–Crippen LogP) is 2.87. The molecule has 1 N–H and O–H groups in total. The van der Waals surface area contributed by atoms with Crippen LogP contribution in [-0.2, 0) is 16.4 Å². The van der Waals surface area contributed by atoms with E-state index in [0.29, 0.717) is 5.56 Å². The maximum atomic E-state index is 12.4. The molecule has 5 nitrogen and oxygen atoms in total. The van der Waals surface area contributed by atoms with Gasteiger partial charge in [-0.15, -0.1) is 0 Å². The SMILES string of the molecule is CCS(=O)(=O)c1ccc(C(=O)NC2CCN(Cc3ccccc3)CC2)cc1. The number of carbonyl (C=O) groups excluding carboxylic acids is 1. The molecule has 2 aromatic carbocycles. The Morgan fingerprint density at radius 1 is 1.04 bits per heavy atom. The van der Waals surface area contributed by atoms with Crippen LogP contribution in [0, 0.1) is 0 Å². The van der Waals surface area contributed by atoms with Crippen LogP contribution in [-0.4, -0.2) is 44.1 Å². The predicted molar refractivity (Wildman–Crippen MR) is 106 cm³/mol. The van der Waals surface area contributed by atoms with E-state index in [9.17, 15) is 13.2 Å². The van der Waals surface area contributed by atoms with Gasteiger partial charge in [0.1, 0.15) is 0 Å². The van der Waals surface area contributed by atoms with Gasteiger partial charge in [0, 0.05) is 31.2 Å². The molecular weight excluding hydrogens is 360 g/mol. The number of nitrogens with zero attached hydrogens (tertiary/aromatic N) is 1. The van der Waals surface area contributed by atoms with Gasteiger partial charge in [-0.05, 0) is 42.7 Å². The molecule has 1 saturated heterocycles. The fraction of sp³-hybridized carbons (Fsp3) is 0.381. The zero-order valence-corrected chi connectivity index (χ0v) is 16.4. The van der Waals surface area contributed by atoms with E-state index in [0.717, 1.165) is 32.5 Å². The first-order chi connectivity index (χ1) is 13.0. The van der Waals surface area contributed by atoms with Crippen molar-refractivity contribution >= 4 is 15.7 Å². The normalized spacial score (nSPS) is 16.2. The van der Waals surface area contributed by atoms with E-state index in [1.54, 1.807) is 19.1 Å². The Bertz CT molecular complexity index is 856. The van der Waals surface area contributed by atoms with Crippen molar-refractivity contribution in [1.29, 1.82) is 0 Å². The third kappa shape index (κ3) is 5.17. The highest BCUT2D eigenvalue weighted by molar-refractivity contribution is 7.91. The van der Waals surface area contributed by atoms with Crippen LogP contribution in [0.15, 0.2) is 59.5 Å². The molecule has 27 heavy (non-hydrogen) atoms. The van der Waals surface area contributed by atoms with Gasteiger partial charge in [0.2, 0.25) is 0 Å². The number of rotatable bonds is 6. The summed E-state index contributed by atoms with van der Waals surface area (Å²) >= 11 is 0. The quantitative estimate of drug-likeness (QED) is 0.829. The van der Waals surface area contributed by atoms with Gasteiger partial charge in [-0.3, -0.25) is 9.69 Å². The van der Waals surface area contributed by atoms with Crippen LogP contribution in [0.1, 0.15) is 35.7 Å². The molecule has 144 valence electrons. The first kappa shape index (κ1) is 19.6. The Hall–Kier alpha value is -2.18. The van der Waals surface area contributed by atoms with Crippen molar-refractivity contribution < 1.29 is 13.2 Å². The van der Waals surface area contributed by atoms with Crippen LogP contribution in [0.25, 0.3) is 0 Å². The first-order valence-corrected chi connectivity index (χ1v) is 11.0. The summed E-state index contributed by atoms with van der Waals surface area (Å²) in [6.07, 6.45) is 1.84. The minimum Gasteiger partial charge on any atom is -0.349 e. The lowest BCUT2D eigenvalue weighted by molar-refractivity contribution is 0.0909. The third-order valence-corrected chi connectivity index (χ3v) is 6.78. The summed E-state index contributed by atoms with van der Waals surface area (Å²) in [5.41, 5.74) is 1.80. The lowest BCUT2D eigenvalue weighted by Crippen LogP contribution is -2.44. The Morgan fingerprint density at radius 2 is 1.67 bits per heavy atom. The van der Waals surface area contributed by atoms with Gasteiger partial charge >= 0.3 is 0 Å². The molecule has 0 radical (unpaired) electrons. The summed E-state index contributed by atoms with van der Waals surface area (Å²) in [5, 5.41) is 3.08. The number of hydrogen-bond donors (Lipinski definition) is 1. The molecule has 0 spiro atoms. The zero-order valence-electron chi connectivity index (χ0n) is 15.6.